The van der Waals surface area contributed by atoms with Crippen LogP contribution < -0.4 is 5.32 Å². The van der Waals surface area contributed by atoms with Crippen LogP contribution in [-0.2, 0) is 9.59 Å². The van der Waals surface area contributed by atoms with E-state index in [9.17, 15) is 22.8 Å². The van der Waals surface area contributed by atoms with E-state index in [1.165, 1.54) is 11.3 Å². The first-order valence-electron chi connectivity index (χ1n) is 11.2. The molecule has 2 saturated carbocycles. The lowest BCUT2D eigenvalue weighted by atomic mass is 9.48. The molecule has 1 aliphatic heterocycles. The molecule has 3 fully saturated rings. The van der Waals surface area contributed by atoms with Crippen molar-refractivity contribution in [1.82, 2.24) is 10.2 Å². The van der Waals surface area contributed by atoms with E-state index in [1.807, 2.05) is 11.9 Å². The quantitative estimate of drug-likeness (QED) is 0.698. The molecule has 4 rings (SSSR count). The Morgan fingerprint density at radius 1 is 1.17 bits per heavy atom. The SMILES string of the molecule is CC1=C2N(C)C(=O)CC[C@]2(C)[C@H]2CC[C@]3(C)[C@@H](C(=O)NCC(F)(F)F)CC[C@H]3[C@@H]2C1. The number of likely N-dealkylation sites (tertiary alicyclic amines) is 1. The molecule has 0 aromatic carbocycles. The van der Waals surface area contributed by atoms with Gasteiger partial charge in [-0.25, -0.2) is 0 Å². The van der Waals surface area contributed by atoms with E-state index in [0.717, 1.165) is 32.1 Å². The van der Waals surface area contributed by atoms with Gasteiger partial charge in [-0.3, -0.25) is 9.59 Å². The fraction of sp³-hybridized carbons (Fsp3) is 0.826. The lowest BCUT2D eigenvalue weighted by Gasteiger charge is -2.59. The first-order valence-corrected chi connectivity index (χ1v) is 11.2. The molecule has 0 aromatic heterocycles. The van der Waals surface area contributed by atoms with Gasteiger partial charge in [-0.2, -0.15) is 13.2 Å². The number of fused-ring (bicyclic) bond motifs is 5. The van der Waals surface area contributed by atoms with E-state index >= 15 is 0 Å². The van der Waals surface area contributed by atoms with Crippen LogP contribution in [-0.4, -0.2) is 36.5 Å². The zero-order chi connectivity index (χ0) is 22.1. The molecule has 3 aliphatic carbocycles. The largest absolute Gasteiger partial charge is 0.405 e. The van der Waals surface area contributed by atoms with Crippen molar-refractivity contribution >= 4 is 11.8 Å². The van der Waals surface area contributed by atoms with E-state index in [4.69, 9.17) is 0 Å². The monoisotopic (exact) mass is 426 g/mol. The summed E-state index contributed by atoms with van der Waals surface area (Å²) in [5.41, 5.74) is 2.18. The van der Waals surface area contributed by atoms with Crippen molar-refractivity contribution in [2.45, 2.75) is 71.9 Å². The average molecular weight is 427 g/mol. The Balaban J connectivity index is 1.60. The minimum atomic E-state index is -4.38. The first kappa shape index (κ1) is 21.7. The van der Waals surface area contributed by atoms with Crippen LogP contribution in [0.3, 0.4) is 0 Å². The molecule has 1 saturated heterocycles. The van der Waals surface area contributed by atoms with Crippen molar-refractivity contribution < 1.29 is 22.8 Å². The van der Waals surface area contributed by atoms with Gasteiger partial charge in [0.1, 0.15) is 6.54 Å². The number of rotatable bonds is 2. The van der Waals surface area contributed by atoms with Crippen LogP contribution in [0.15, 0.2) is 11.3 Å². The molecular weight excluding hydrogens is 393 g/mol. The molecule has 1 heterocycles. The van der Waals surface area contributed by atoms with Crippen molar-refractivity contribution in [3.63, 3.8) is 0 Å². The first-order chi connectivity index (χ1) is 13.9. The summed E-state index contributed by atoms with van der Waals surface area (Å²) < 4.78 is 37.8. The summed E-state index contributed by atoms with van der Waals surface area (Å²) in [5.74, 6) is 0.632. The molecule has 7 heteroatoms. The summed E-state index contributed by atoms with van der Waals surface area (Å²) in [4.78, 5) is 26.9. The number of allylic oxidation sites excluding steroid dienone is 2. The zero-order valence-electron chi connectivity index (χ0n) is 18.4. The Bertz CT molecular complexity index is 792. The number of hydrogen-bond donors (Lipinski definition) is 1. The summed E-state index contributed by atoms with van der Waals surface area (Å²) >= 11 is 0. The predicted molar refractivity (Wildman–Crippen MR) is 107 cm³/mol. The summed E-state index contributed by atoms with van der Waals surface area (Å²) in [6.07, 6.45) is 1.37. The van der Waals surface area contributed by atoms with Crippen LogP contribution >= 0.6 is 0 Å². The molecule has 30 heavy (non-hydrogen) atoms. The zero-order valence-corrected chi connectivity index (χ0v) is 18.4. The number of halogens is 3. The average Bonchev–Trinajstić information content (AvgIpc) is 3.00. The van der Waals surface area contributed by atoms with Crippen LogP contribution in [0.5, 0.6) is 0 Å². The second-order valence-corrected chi connectivity index (χ2v) is 10.6. The van der Waals surface area contributed by atoms with Gasteiger partial charge in [0.2, 0.25) is 11.8 Å². The van der Waals surface area contributed by atoms with Crippen molar-refractivity contribution in [1.29, 1.82) is 0 Å². The van der Waals surface area contributed by atoms with E-state index < -0.39 is 18.6 Å². The van der Waals surface area contributed by atoms with E-state index in [0.29, 0.717) is 30.6 Å². The highest BCUT2D eigenvalue weighted by Crippen LogP contribution is 2.66. The molecule has 6 atom stereocenters. The van der Waals surface area contributed by atoms with Crippen LogP contribution in [0.4, 0.5) is 13.2 Å². The summed E-state index contributed by atoms with van der Waals surface area (Å²) in [6.45, 7) is 5.31. The highest BCUT2D eigenvalue weighted by atomic mass is 19.4. The molecule has 0 unspecified atom stereocenters. The smallest absolute Gasteiger partial charge is 0.347 e. The summed E-state index contributed by atoms with van der Waals surface area (Å²) in [7, 11) is 1.89. The maximum absolute atomic E-state index is 12.7. The minimum absolute atomic E-state index is 0.0341. The Labute approximate surface area is 176 Å². The Morgan fingerprint density at radius 3 is 2.53 bits per heavy atom. The van der Waals surface area contributed by atoms with Gasteiger partial charge < -0.3 is 10.2 Å². The van der Waals surface area contributed by atoms with Gasteiger partial charge in [0.05, 0.1) is 0 Å². The number of nitrogens with zero attached hydrogens (tertiary/aromatic N) is 1. The van der Waals surface area contributed by atoms with Gasteiger partial charge in [-0.05, 0) is 68.6 Å². The van der Waals surface area contributed by atoms with Gasteiger partial charge in [0.25, 0.3) is 0 Å². The number of carbonyl (C=O) groups excluding carboxylic acids is 2. The second kappa shape index (κ2) is 6.99. The third-order valence-electron chi connectivity index (χ3n) is 9.09. The Kier molecular flexibility index (Phi) is 5.06. The van der Waals surface area contributed by atoms with Crippen LogP contribution in [0.1, 0.15) is 65.7 Å². The van der Waals surface area contributed by atoms with E-state index in [-0.39, 0.29) is 22.7 Å². The standard InChI is InChI=1S/C23H33F3N2O2/c1-13-11-14-15-5-6-17(20(30)27-12-23(24,25)26)21(15,2)9-7-16(14)22(3)10-8-18(29)28(4)19(13)22/h14-17H,5-12H2,1-4H3,(H,27,30)/t14-,15-,16-,17+,21-,22+/m0/s1. The number of amides is 2. The molecule has 168 valence electrons. The van der Waals surface area contributed by atoms with Gasteiger partial charge in [0, 0.05) is 30.5 Å². The second-order valence-electron chi connectivity index (χ2n) is 10.6. The number of hydrogen-bond acceptors (Lipinski definition) is 2. The minimum Gasteiger partial charge on any atom is -0.347 e. The van der Waals surface area contributed by atoms with E-state index in [1.54, 1.807) is 0 Å². The topological polar surface area (TPSA) is 49.4 Å². The molecule has 0 spiro atoms. The number of carbonyl (C=O) groups is 2. The lowest BCUT2D eigenvalue weighted by Crippen LogP contribution is -2.55. The third-order valence-corrected chi connectivity index (χ3v) is 9.09. The molecule has 0 aromatic rings. The van der Waals surface area contributed by atoms with Crippen molar-refractivity contribution in [2.24, 2.45) is 34.5 Å². The van der Waals surface area contributed by atoms with E-state index in [2.05, 4.69) is 26.1 Å². The molecule has 2 amide bonds. The third kappa shape index (κ3) is 3.18. The maximum atomic E-state index is 12.7. The summed E-state index contributed by atoms with van der Waals surface area (Å²) in [6, 6.07) is 0. The van der Waals surface area contributed by atoms with Crippen molar-refractivity contribution in [3.8, 4) is 0 Å². The van der Waals surface area contributed by atoms with Gasteiger partial charge in [0.15, 0.2) is 0 Å². The van der Waals surface area contributed by atoms with Crippen molar-refractivity contribution in [2.75, 3.05) is 13.6 Å². The predicted octanol–water partition coefficient (Wildman–Crippen LogP) is 4.66. The van der Waals surface area contributed by atoms with Gasteiger partial charge in [-0.15, -0.1) is 0 Å². The fourth-order valence-corrected chi connectivity index (χ4v) is 7.85. The highest BCUT2D eigenvalue weighted by Gasteiger charge is 2.61. The molecule has 0 radical (unpaired) electrons. The van der Waals surface area contributed by atoms with Crippen molar-refractivity contribution in [3.05, 3.63) is 11.3 Å². The number of nitrogens with one attached hydrogen (secondary N) is 1. The molecule has 0 bridgehead atoms. The Hall–Kier alpha value is -1.53. The van der Waals surface area contributed by atoms with Gasteiger partial charge >= 0.3 is 6.18 Å². The number of alkyl halides is 3. The fourth-order valence-electron chi connectivity index (χ4n) is 7.85. The van der Waals surface area contributed by atoms with Gasteiger partial charge in [-0.1, -0.05) is 19.4 Å². The molecule has 1 N–H and O–H groups in total. The molecular formula is C23H33F3N2O2. The highest BCUT2D eigenvalue weighted by molar-refractivity contribution is 5.80. The summed E-state index contributed by atoms with van der Waals surface area (Å²) in [5, 5.41) is 2.15. The normalized spacial score (nSPS) is 41.3. The Morgan fingerprint density at radius 2 is 1.87 bits per heavy atom. The van der Waals surface area contributed by atoms with Crippen LogP contribution in [0, 0.1) is 34.5 Å². The lowest BCUT2D eigenvalue weighted by molar-refractivity contribution is -0.146. The maximum Gasteiger partial charge on any atom is 0.405 e. The molecule has 4 nitrogen and oxygen atoms in total. The van der Waals surface area contributed by atoms with Crippen LogP contribution in [0.25, 0.3) is 0 Å². The number of piperidine rings is 1. The van der Waals surface area contributed by atoms with Crippen LogP contribution in [0.2, 0.25) is 0 Å². The molecule has 4 aliphatic rings.